The molecule has 0 radical (unpaired) electrons. The van der Waals surface area contributed by atoms with E-state index in [9.17, 15) is 14.4 Å². The van der Waals surface area contributed by atoms with Crippen LogP contribution in [0.1, 0.15) is 44.7 Å². The van der Waals surface area contributed by atoms with Crippen molar-refractivity contribution in [3.63, 3.8) is 0 Å². The maximum Gasteiger partial charge on any atom is 0.354 e. The summed E-state index contributed by atoms with van der Waals surface area (Å²) in [5.74, 6) is 0.830. The van der Waals surface area contributed by atoms with Crippen LogP contribution < -0.4 is 21.4 Å². The molecule has 1 aromatic heterocycles. The summed E-state index contributed by atoms with van der Waals surface area (Å²) in [6.45, 7) is 8.88. The van der Waals surface area contributed by atoms with Gasteiger partial charge in [0.1, 0.15) is 5.75 Å². The summed E-state index contributed by atoms with van der Waals surface area (Å²) in [5.41, 5.74) is 1.32. The maximum atomic E-state index is 13.3. The lowest BCUT2D eigenvalue weighted by atomic mass is 10.1. The summed E-state index contributed by atoms with van der Waals surface area (Å²) >= 11 is 0. The summed E-state index contributed by atoms with van der Waals surface area (Å²) < 4.78 is 13.1. The van der Waals surface area contributed by atoms with Crippen LogP contribution in [0.3, 0.4) is 0 Å². The molecule has 0 aliphatic rings. The Labute approximate surface area is 210 Å². The molecule has 1 N–H and O–H groups in total. The normalized spacial score (nSPS) is 11.7. The monoisotopic (exact) mass is 494 g/mol. The van der Waals surface area contributed by atoms with Crippen LogP contribution in [0.4, 0.5) is 11.6 Å². The van der Waals surface area contributed by atoms with Crippen LogP contribution in [0.2, 0.25) is 0 Å². The molecule has 36 heavy (non-hydrogen) atoms. The van der Waals surface area contributed by atoms with Crippen molar-refractivity contribution >= 4 is 17.6 Å². The first kappa shape index (κ1) is 26.7. The molecule has 0 spiro atoms. The number of nitrogens with one attached hydrogen (secondary N) is 1. The number of carbonyl (C=O) groups is 1. The van der Waals surface area contributed by atoms with Gasteiger partial charge in [-0.2, -0.15) is 4.98 Å². The molecule has 0 saturated carbocycles. The second-order valence-electron chi connectivity index (χ2n) is 8.75. The smallest absolute Gasteiger partial charge is 0.354 e. The maximum absolute atomic E-state index is 13.3. The zero-order valence-corrected chi connectivity index (χ0v) is 21.3. The Morgan fingerprint density at radius 1 is 1.03 bits per heavy atom. The number of esters is 1. The van der Waals surface area contributed by atoms with Crippen LogP contribution in [-0.2, 0) is 22.6 Å². The van der Waals surface area contributed by atoms with Crippen molar-refractivity contribution in [3.8, 4) is 5.75 Å². The zero-order valence-electron chi connectivity index (χ0n) is 21.3. The fourth-order valence-electron chi connectivity index (χ4n) is 3.39. The van der Waals surface area contributed by atoms with Gasteiger partial charge >= 0.3 is 17.3 Å². The Bertz CT molecular complexity index is 1260. The second kappa shape index (κ2) is 12.7. The molecule has 3 rings (SSSR count). The molecular formula is C27H34N4O5. The fourth-order valence-corrected chi connectivity index (χ4v) is 3.39. The lowest BCUT2D eigenvalue weighted by Gasteiger charge is -2.16. The van der Waals surface area contributed by atoms with Crippen LogP contribution in [0.15, 0.2) is 58.1 Å². The highest BCUT2D eigenvalue weighted by atomic mass is 16.5. The first-order chi connectivity index (χ1) is 17.3. The second-order valence-corrected chi connectivity index (χ2v) is 8.75. The Morgan fingerprint density at radius 2 is 1.72 bits per heavy atom. The highest BCUT2D eigenvalue weighted by molar-refractivity contribution is 5.69. The molecule has 9 heteroatoms. The number of aromatic nitrogens is 3. The molecule has 3 aromatic rings. The molecular weight excluding hydrogens is 460 g/mol. The molecule has 0 aliphatic heterocycles. The van der Waals surface area contributed by atoms with Gasteiger partial charge in [0.15, 0.2) is 0 Å². The summed E-state index contributed by atoms with van der Waals surface area (Å²) in [5, 5.41) is 3.09. The Morgan fingerprint density at radius 3 is 2.36 bits per heavy atom. The van der Waals surface area contributed by atoms with Gasteiger partial charge in [-0.15, -0.1) is 0 Å². The molecule has 0 bridgehead atoms. The van der Waals surface area contributed by atoms with Crippen LogP contribution in [0, 0.1) is 12.8 Å². The number of benzene rings is 2. The van der Waals surface area contributed by atoms with Gasteiger partial charge in [-0.1, -0.05) is 50.1 Å². The van der Waals surface area contributed by atoms with E-state index in [1.165, 1.54) is 4.57 Å². The van der Waals surface area contributed by atoms with Gasteiger partial charge in [-0.05, 0) is 49.6 Å². The molecule has 192 valence electrons. The topological polar surface area (TPSA) is 104 Å². The van der Waals surface area contributed by atoms with E-state index in [2.05, 4.69) is 24.1 Å². The predicted molar refractivity (Wildman–Crippen MR) is 139 cm³/mol. The van der Waals surface area contributed by atoms with E-state index in [4.69, 9.17) is 9.47 Å². The van der Waals surface area contributed by atoms with Gasteiger partial charge in [-0.3, -0.25) is 9.36 Å². The third-order valence-corrected chi connectivity index (χ3v) is 5.80. The van der Waals surface area contributed by atoms with E-state index in [0.29, 0.717) is 18.2 Å². The average Bonchev–Trinajstić information content (AvgIpc) is 2.86. The number of carbonyl (C=O) groups excluding carboxylic acids is 1. The van der Waals surface area contributed by atoms with E-state index < -0.39 is 17.3 Å². The molecule has 0 fully saturated rings. The lowest BCUT2D eigenvalue weighted by Crippen LogP contribution is -2.43. The van der Waals surface area contributed by atoms with Gasteiger partial charge < -0.3 is 14.8 Å². The molecule has 1 heterocycles. The van der Waals surface area contributed by atoms with Gasteiger partial charge in [0, 0.05) is 12.2 Å². The van der Waals surface area contributed by atoms with E-state index in [1.807, 2.05) is 43.3 Å². The lowest BCUT2D eigenvalue weighted by molar-refractivity contribution is -0.143. The highest BCUT2D eigenvalue weighted by Crippen LogP contribution is 2.19. The molecule has 9 nitrogen and oxygen atoms in total. The number of hydrogen-bond donors (Lipinski definition) is 1. The van der Waals surface area contributed by atoms with Crippen molar-refractivity contribution in [1.82, 2.24) is 14.1 Å². The van der Waals surface area contributed by atoms with Crippen molar-refractivity contribution in [3.05, 3.63) is 80.6 Å². The largest absolute Gasteiger partial charge is 0.493 e. The number of nitrogens with zero attached hydrogens (tertiary/aromatic N) is 3. The number of anilines is 2. The van der Waals surface area contributed by atoms with Crippen molar-refractivity contribution in [2.24, 2.45) is 5.92 Å². The number of ether oxygens (including phenoxy) is 2. The minimum atomic E-state index is -0.736. The average molecular weight is 495 g/mol. The predicted octanol–water partition coefficient (Wildman–Crippen LogP) is 3.88. The first-order valence-electron chi connectivity index (χ1n) is 12.2. The van der Waals surface area contributed by atoms with Gasteiger partial charge in [0.2, 0.25) is 5.95 Å². The minimum Gasteiger partial charge on any atom is -0.493 e. The van der Waals surface area contributed by atoms with Crippen molar-refractivity contribution < 1.29 is 14.3 Å². The summed E-state index contributed by atoms with van der Waals surface area (Å²) in [6, 6.07) is 15.0. The highest BCUT2D eigenvalue weighted by Gasteiger charge is 2.15. The summed E-state index contributed by atoms with van der Waals surface area (Å²) in [4.78, 5) is 42.0. The number of aryl methyl sites for hydroxylation is 1. The van der Waals surface area contributed by atoms with Gasteiger partial charge in [0.25, 0.3) is 0 Å². The van der Waals surface area contributed by atoms with Crippen LogP contribution in [-0.4, -0.2) is 33.3 Å². The summed E-state index contributed by atoms with van der Waals surface area (Å²) in [6.07, 6.45) is 0.940. The standard InChI is InChI=1S/C27H34N4O5/c1-5-19(3)18-36-23-13-11-22(12-14-23)28-25-29-26(33)30(16-15-24(32)35-6-2)27(34)31(25)17-21-9-7-20(4)8-10-21/h7-14,19H,5-6,15-18H2,1-4H3,(H,28,29,33)/t19-/m0/s1. The Hall–Kier alpha value is -3.88. The van der Waals surface area contributed by atoms with Gasteiger partial charge in [-0.25, -0.2) is 14.2 Å². The fraction of sp³-hybridized carbons (Fsp3) is 0.407. The Balaban J connectivity index is 1.90. The van der Waals surface area contributed by atoms with Crippen LogP contribution in [0.5, 0.6) is 5.75 Å². The molecule has 0 amide bonds. The van der Waals surface area contributed by atoms with Crippen molar-refractivity contribution in [2.45, 2.75) is 53.6 Å². The summed E-state index contributed by atoms with van der Waals surface area (Å²) in [7, 11) is 0. The number of rotatable bonds is 12. The van der Waals surface area contributed by atoms with E-state index in [1.54, 1.807) is 19.1 Å². The quantitative estimate of drug-likeness (QED) is 0.381. The van der Waals surface area contributed by atoms with Crippen LogP contribution >= 0.6 is 0 Å². The molecule has 0 aliphatic carbocycles. The Kier molecular flexibility index (Phi) is 9.44. The molecule has 2 aromatic carbocycles. The molecule has 0 unspecified atom stereocenters. The van der Waals surface area contributed by atoms with E-state index in [-0.39, 0.29) is 32.1 Å². The van der Waals surface area contributed by atoms with Gasteiger partial charge in [0.05, 0.1) is 26.2 Å². The molecule has 0 saturated heterocycles. The van der Waals surface area contributed by atoms with Crippen molar-refractivity contribution in [1.29, 1.82) is 0 Å². The SMILES string of the molecule is CCOC(=O)CCn1c(=O)nc(Nc2ccc(OC[C@@H](C)CC)cc2)n(Cc2ccc(C)cc2)c1=O. The van der Waals surface area contributed by atoms with E-state index >= 15 is 0 Å². The van der Waals surface area contributed by atoms with Crippen molar-refractivity contribution in [2.75, 3.05) is 18.5 Å². The minimum absolute atomic E-state index is 0.0971. The third-order valence-electron chi connectivity index (χ3n) is 5.80. The number of hydrogen-bond acceptors (Lipinski definition) is 7. The third kappa shape index (κ3) is 7.31. The zero-order chi connectivity index (χ0) is 26.1. The molecule has 1 atom stereocenters. The first-order valence-corrected chi connectivity index (χ1v) is 12.2. The van der Waals surface area contributed by atoms with Crippen LogP contribution in [0.25, 0.3) is 0 Å². The van der Waals surface area contributed by atoms with E-state index in [0.717, 1.165) is 27.9 Å².